The molecule has 1 saturated carbocycles. The molecule has 130 valence electrons. The average Bonchev–Trinajstić information content (AvgIpc) is 2.63. The summed E-state index contributed by atoms with van der Waals surface area (Å²) in [5, 5.41) is 0. The molecule has 0 aromatic heterocycles. The molecule has 1 aromatic carbocycles. The van der Waals surface area contributed by atoms with E-state index in [0.717, 1.165) is 11.5 Å². The summed E-state index contributed by atoms with van der Waals surface area (Å²) in [7, 11) is 0. The Labute approximate surface area is 142 Å². The molecule has 0 heterocycles. The number of hydrogen-bond acceptors (Lipinski definition) is 0. The Kier molecular flexibility index (Phi) is 5.17. The number of allylic oxidation sites excluding steroid dienone is 4. The van der Waals surface area contributed by atoms with Crippen molar-refractivity contribution in [1.29, 1.82) is 0 Å². The Morgan fingerprint density at radius 1 is 0.917 bits per heavy atom. The standard InChI is InChI=1S/C21H25F3/c1-3-14-4-6-15(7-5-14)16-8-10-17(11-9-16)18-12-19(22)21(24)20(23)13(18)2/h8-15,18H,3-7H2,1-2H3. The van der Waals surface area contributed by atoms with Crippen molar-refractivity contribution in [2.75, 3.05) is 0 Å². The van der Waals surface area contributed by atoms with Crippen LogP contribution in [0.25, 0.3) is 0 Å². The van der Waals surface area contributed by atoms with Crippen molar-refractivity contribution < 1.29 is 13.2 Å². The minimum absolute atomic E-state index is 0.450. The van der Waals surface area contributed by atoms with Gasteiger partial charge in [0.25, 0.3) is 0 Å². The van der Waals surface area contributed by atoms with Gasteiger partial charge in [-0.05, 0) is 54.7 Å². The Bertz CT molecular complexity index is 634. The molecule has 0 saturated heterocycles. The summed E-state index contributed by atoms with van der Waals surface area (Å²) in [6, 6.07) is 8.06. The quantitative estimate of drug-likeness (QED) is 0.552. The molecule has 1 aromatic rings. The first-order valence-electron chi connectivity index (χ1n) is 9.04. The van der Waals surface area contributed by atoms with E-state index in [1.54, 1.807) is 6.92 Å². The summed E-state index contributed by atoms with van der Waals surface area (Å²) in [6.07, 6.45) is 7.46. The molecule has 0 nitrogen and oxygen atoms in total. The maximum absolute atomic E-state index is 13.8. The molecule has 2 atom stereocenters. The summed E-state index contributed by atoms with van der Waals surface area (Å²) in [5.74, 6) is -3.08. The fourth-order valence-corrected chi connectivity index (χ4v) is 4.13. The lowest BCUT2D eigenvalue weighted by molar-refractivity contribution is 0.318. The Balaban J connectivity index is 1.74. The molecule has 0 amide bonds. The number of rotatable bonds is 3. The van der Waals surface area contributed by atoms with Crippen molar-refractivity contribution >= 4 is 0 Å². The van der Waals surface area contributed by atoms with Crippen LogP contribution >= 0.6 is 0 Å². The Hall–Kier alpha value is -1.51. The third-order valence-electron chi connectivity index (χ3n) is 5.90. The van der Waals surface area contributed by atoms with Gasteiger partial charge in [0.1, 0.15) is 5.83 Å². The third-order valence-corrected chi connectivity index (χ3v) is 5.90. The highest BCUT2D eigenvalue weighted by Crippen LogP contribution is 2.42. The van der Waals surface area contributed by atoms with E-state index in [0.29, 0.717) is 5.92 Å². The fraction of sp³-hybridized carbons (Fsp3) is 0.524. The number of halogens is 3. The van der Waals surface area contributed by atoms with E-state index < -0.39 is 29.3 Å². The molecular weight excluding hydrogens is 309 g/mol. The highest BCUT2D eigenvalue weighted by molar-refractivity contribution is 5.38. The van der Waals surface area contributed by atoms with Gasteiger partial charge in [-0.25, -0.2) is 13.2 Å². The highest BCUT2D eigenvalue weighted by Gasteiger charge is 2.31. The third kappa shape index (κ3) is 3.31. The summed E-state index contributed by atoms with van der Waals surface area (Å²) in [6.45, 7) is 3.86. The van der Waals surface area contributed by atoms with Crippen molar-refractivity contribution in [3.8, 4) is 0 Å². The predicted molar refractivity (Wildman–Crippen MR) is 91.8 cm³/mol. The maximum atomic E-state index is 13.8. The van der Waals surface area contributed by atoms with Crippen LogP contribution in [0.1, 0.15) is 68.9 Å². The SMILES string of the molecule is CCC1CCC(c2ccc(C3C=C(F)C(F)=C(F)C3C)cc2)CC1. The largest absolute Gasteiger partial charge is 0.208 e. The Morgan fingerprint density at radius 3 is 2.08 bits per heavy atom. The van der Waals surface area contributed by atoms with Crippen LogP contribution < -0.4 is 0 Å². The zero-order valence-electron chi connectivity index (χ0n) is 14.4. The number of benzene rings is 1. The van der Waals surface area contributed by atoms with Gasteiger partial charge in [0, 0.05) is 11.8 Å². The molecule has 0 bridgehead atoms. The summed E-state index contributed by atoms with van der Waals surface area (Å²) < 4.78 is 40.7. The van der Waals surface area contributed by atoms with Gasteiger partial charge in [0.2, 0.25) is 0 Å². The zero-order chi connectivity index (χ0) is 17.3. The van der Waals surface area contributed by atoms with E-state index in [4.69, 9.17) is 0 Å². The lowest BCUT2D eigenvalue weighted by Gasteiger charge is -2.29. The lowest BCUT2D eigenvalue weighted by atomic mass is 9.77. The van der Waals surface area contributed by atoms with E-state index in [-0.39, 0.29) is 0 Å². The normalized spacial score (nSPS) is 31.1. The topological polar surface area (TPSA) is 0 Å². The minimum atomic E-state index is -1.34. The van der Waals surface area contributed by atoms with Crippen molar-refractivity contribution in [2.45, 2.75) is 57.8 Å². The fourth-order valence-electron chi connectivity index (χ4n) is 4.13. The van der Waals surface area contributed by atoms with Gasteiger partial charge in [-0.1, -0.05) is 44.5 Å². The van der Waals surface area contributed by atoms with Gasteiger partial charge < -0.3 is 0 Å². The van der Waals surface area contributed by atoms with Crippen molar-refractivity contribution in [3.05, 3.63) is 58.9 Å². The van der Waals surface area contributed by atoms with Crippen LogP contribution in [0.15, 0.2) is 47.8 Å². The van der Waals surface area contributed by atoms with Crippen LogP contribution in [0.3, 0.4) is 0 Å². The van der Waals surface area contributed by atoms with E-state index in [1.807, 2.05) is 12.1 Å². The second-order valence-corrected chi connectivity index (χ2v) is 7.28. The second kappa shape index (κ2) is 7.16. The molecule has 0 aliphatic heterocycles. The molecule has 1 fully saturated rings. The van der Waals surface area contributed by atoms with Gasteiger partial charge in [0.05, 0.1) is 0 Å². The van der Waals surface area contributed by atoms with Crippen LogP contribution in [0.2, 0.25) is 0 Å². The average molecular weight is 334 g/mol. The zero-order valence-corrected chi connectivity index (χ0v) is 14.4. The molecule has 0 spiro atoms. The van der Waals surface area contributed by atoms with Gasteiger partial charge in [-0.2, -0.15) is 0 Å². The second-order valence-electron chi connectivity index (χ2n) is 7.28. The maximum Gasteiger partial charge on any atom is 0.190 e. The van der Waals surface area contributed by atoms with Crippen LogP contribution in [-0.2, 0) is 0 Å². The molecule has 0 radical (unpaired) electrons. The van der Waals surface area contributed by atoms with E-state index in [9.17, 15) is 13.2 Å². The predicted octanol–water partition coefficient (Wildman–Crippen LogP) is 7.11. The van der Waals surface area contributed by atoms with Crippen molar-refractivity contribution in [2.24, 2.45) is 11.8 Å². The van der Waals surface area contributed by atoms with E-state index >= 15 is 0 Å². The monoisotopic (exact) mass is 334 g/mol. The van der Waals surface area contributed by atoms with Gasteiger partial charge in [-0.15, -0.1) is 0 Å². The molecule has 3 rings (SSSR count). The molecule has 24 heavy (non-hydrogen) atoms. The summed E-state index contributed by atoms with van der Waals surface area (Å²) >= 11 is 0. The van der Waals surface area contributed by atoms with Gasteiger partial charge >= 0.3 is 0 Å². The first-order chi connectivity index (χ1) is 11.5. The van der Waals surface area contributed by atoms with Gasteiger partial charge in [-0.3, -0.25) is 0 Å². The molecule has 0 N–H and O–H groups in total. The van der Waals surface area contributed by atoms with Crippen molar-refractivity contribution in [3.63, 3.8) is 0 Å². The van der Waals surface area contributed by atoms with Crippen LogP contribution in [0.5, 0.6) is 0 Å². The van der Waals surface area contributed by atoms with Crippen LogP contribution in [0.4, 0.5) is 13.2 Å². The molecule has 2 unspecified atom stereocenters. The van der Waals surface area contributed by atoms with E-state index in [2.05, 4.69) is 19.1 Å². The summed E-state index contributed by atoms with van der Waals surface area (Å²) in [5.41, 5.74) is 2.15. The molecular formula is C21H25F3. The lowest BCUT2D eigenvalue weighted by Crippen LogP contribution is -2.15. The smallest absolute Gasteiger partial charge is 0.190 e. The van der Waals surface area contributed by atoms with E-state index in [1.165, 1.54) is 43.7 Å². The minimum Gasteiger partial charge on any atom is -0.208 e. The Morgan fingerprint density at radius 2 is 1.50 bits per heavy atom. The first-order valence-corrected chi connectivity index (χ1v) is 9.04. The number of hydrogen-bond donors (Lipinski definition) is 0. The van der Waals surface area contributed by atoms with Crippen molar-refractivity contribution in [1.82, 2.24) is 0 Å². The molecule has 2 aliphatic carbocycles. The van der Waals surface area contributed by atoms with Crippen LogP contribution in [0, 0.1) is 11.8 Å². The molecule has 3 heteroatoms. The highest BCUT2D eigenvalue weighted by atomic mass is 19.2. The molecule has 2 aliphatic rings. The summed E-state index contributed by atoms with van der Waals surface area (Å²) in [4.78, 5) is 0. The first kappa shape index (κ1) is 17.3. The van der Waals surface area contributed by atoms with Gasteiger partial charge in [0.15, 0.2) is 11.7 Å². The van der Waals surface area contributed by atoms with Crippen LogP contribution in [-0.4, -0.2) is 0 Å².